The molecular weight excluding hydrogens is 350 g/mol. The molecule has 2 aromatic rings. The van der Waals surface area contributed by atoms with Crippen LogP contribution < -0.4 is 10.6 Å². The fourth-order valence-corrected chi connectivity index (χ4v) is 3.50. The van der Waals surface area contributed by atoms with Gasteiger partial charge in [-0.05, 0) is 30.9 Å². The van der Waals surface area contributed by atoms with Gasteiger partial charge in [-0.15, -0.1) is 12.4 Å². The van der Waals surface area contributed by atoms with E-state index in [4.69, 9.17) is 11.6 Å². The molecule has 0 spiro atoms. The van der Waals surface area contributed by atoms with Gasteiger partial charge >= 0.3 is 0 Å². The van der Waals surface area contributed by atoms with Crippen molar-refractivity contribution in [1.29, 1.82) is 0 Å². The van der Waals surface area contributed by atoms with Crippen LogP contribution in [-0.4, -0.2) is 18.0 Å². The third-order valence-electron chi connectivity index (χ3n) is 4.61. The van der Waals surface area contributed by atoms with Crippen molar-refractivity contribution >= 4 is 35.6 Å². The molecule has 1 heterocycles. The Kier molecular flexibility index (Phi) is 4.81. The van der Waals surface area contributed by atoms with Crippen LogP contribution in [-0.2, 0) is 4.79 Å². The lowest BCUT2D eigenvalue weighted by Crippen LogP contribution is -2.38. The van der Waals surface area contributed by atoms with Crippen molar-refractivity contribution < 1.29 is 9.18 Å². The molecule has 1 aliphatic carbocycles. The predicted octanol–water partition coefficient (Wildman–Crippen LogP) is 4.26. The summed E-state index contributed by atoms with van der Waals surface area (Å²) < 4.78 is 14.8. The van der Waals surface area contributed by atoms with Crippen LogP contribution in [0.3, 0.4) is 0 Å². The number of halogens is 3. The van der Waals surface area contributed by atoms with Crippen LogP contribution in [0.15, 0.2) is 42.5 Å². The topological polar surface area (TPSA) is 41.1 Å². The number of rotatable bonds is 3. The molecule has 2 fully saturated rings. The lowest BCUT2D eigenvalue weighted by molar-refractivity contribution is -0.118. The average molecular weight is 367 g/mol. The number of piperidine rings is 1. The van der Waals surface area contributed by atoms with Crippen LogP contribution in [0.4, 0.5) is 10.1 Å². The number of nitrogens with one attached hydrogen (secondary N) is 2. The number of anilines is 1. The molecule has 0 radical (unpaired) electrons. The van der Waals surface area contributed by atoms with Gasteiger partial charge in [-0.25, -0.2) is 4.39 Å². The summed E-state index contributed by atoms with van der Waals surface area (Å²) in [5.41, 5.74) is 1.19. The van der Waals surface area contributed by atoms with E-state index in [1.807, 2.05) is 0 Å². The fourth-order valence-electron chi connectivity index (χ4n) is 3.26. The molecule has 126 valence electrons. The number of carbonyl (C=O) groups is 1. The maximum atomic E-state index is 14.8. The molecule has 1 saturated heterocycles. The normalized spacial score (nSPS) is 24.0. The van der Waals surface area contributed by atoms with Gasteiger partial charge in [0.15, 0.2) is 5.82 Å². The minimum atomic E-state index is -0.461. The molecule has 0 aromatic heterocycles. The van der Waals surface area contributed by atoms with Gasteiger partial charge in [0.2, 0.25) is 5.91 Å². The van der Waals surface area contributed by atoms with E-state index in [1.165, 1.54) is 0 Å². The van der Waals surface area contributed by atoms with Crippen LogP contribution in [0.2, 0.25) is 5.02 Å². The summed E-state index contributed by atoms with van der Waals surface area (Å²) >= 11 is 6.15. The van der Waals surface area contributed by atoms with Crippen molar-refractivity contribution in [3.8, 4) is 11.1 Å². The standard InChI is InChI=1S/C18H16ClFN2O.ClH/c19-13-6-2-1-4-11(13)12-5-3-7-14(17(12)20)22-18(23)16-9-10-8-15(10)21-16;/h1-7,10,15-16,21H,8-9H2,(H,22,23);1H/t10?,15-,16?;/m1./s1. The molecule has 2 aliphatic rings. The van der Waals surface area contributed by atoms with Gasteiger partial charge in [-0.2, -0.15) is 0 Å². The van der Waals surface area contributed by atoms with Crippen LogP contribution in [0.5, 0.6) is 0 Å². The van der Waals surface area contributed by atoms with Crippen LogP contribution in [0.1, 0.15) is 12.8 Å². The summed E-state index contributed by atoms with van der Waals surface area (Å²) in [4.78, 5) is 12.3. The summed E-state index contributed by atoms with van der Waals surface area (Å²) in [7, 11) is 0. The molecule has 1 saturated carbocycles. The Morgan fingerprint density at radius 3 is 2.58 bits per heavy atom. The number of amides is 1. The van der Waals surface area contributed by atoms with E-state index >= 15 is 0 Å². The molecule has 2 aromatic carbocycles. The van der Waals surface area contributed by atoms with Gasteiger partial charge in [-0.3, -0.25) is 4.79 Å². The van der Waals surface area contributed by atoms with Gasteiger partial charge in [0.25, 0.3) is 0 Å². The molecule has 3 nitrogen and oxygen atoms in total. The fraction of sp³-hybridized carbons (Fsp3) is 0.278. The Labute approximate surface area is 151 Å². The van der Waals surface area contributed by atoms with Gasteiger partial charge in [-0.1, -0.05) is 41.9 Å². The Morgan fingerprint density at radius 1 is 1.12 bits per heavy atom. The summed E-state index contributed by atoms with van der Waals surface area (Å²) in [5, 5.41) is 6.45. The number of hydrogen-bond acceptors (Lipinski definition) is 2. The molecule has 1 amide bonds. The maximum absolute atomic E-state index is 14.8. The number of fused-ring (bicyclic) bond motifs is 1. The lowest BCUT2D eigenvalue weighted by Gasteiger charge is -2.15. The first kappa shape index (κ1) is 17.2. The Balaban J connectivity index is 0.00000169. The second-order valence-electron chi connectivity index (χ2n) is 6.19. The van der Waals surface area contributed by atoms with Crippen molar-refractivity contribution in [1.82, 2.24) is 5.32 Å². The first-order valence-electron chi connectivity index (χ1n) is 7.74. The average Bonchev–Trinajstić information content (AvgIpc) is 3.16. The second kappa shape index (κ2) is 6.71. The van der Waals surface area contributed by atoms with Crippen molar-refractivity contribution in [2.75, 3.05) is 5.32 Å². The highest BCUT2D eigenvalue weighted by Crippen LogP contribution is 2.41. The molecule has 1 aliphatic heterocycles. The van der Waals surface area contributed by atoms with E-state index in [0.29, 0.717) is 28.1 Å². The molecule has 4 rings (SSSR count). The van der Waals surface area contributed by atoms with Crippen molar-refractivity contribution in [3.63, 3.8) is 0 Å². The third-order valence-corrected chi connectivity index (χ3v) is 4.94. The summed E-state index contributed by atoms with van der Waals surface area (Å²) in [6.45, 7) is 0. The molecule has 6 heteroatoms. The number of hydrogen-bond donors (Lipinski definition) is 2. The van der Waals surface area contributed by atoms with Gasteiger partial charge < -0.3 is 10.6 Å². The molecule has 2 N–H and O–H groups in total. The smallest absolute Gasteiger partial charge is 0.241 e. The zero-order valence-corrected chi connectivity index (χ0v) is 14.3. The quantitative estimate of drug-likeness (QED) is 0.851. The van der Waals surface area contributed by atoms with Crippen LogP contribution in [0.25, 0.3) is 11.1 Å². The first-order chi connectivity index (χ1) is 11.1. The minimum absolute atomic E-state index is 0. The molecule has 24 heavy (non-hydrogen) atoms. The van der Waals surface area contributed by atoms with E-state index in [-0.39, 0.29) is 30.0 Å². The van der Waals surface area contributed by atoms with Gasteiger partial charge in [0.1, 0.15) is 0 Å². The van der Waals surface area contributed by atoms with E-state index in [9.17, 15) is 9.18 Å². The van der Waals surface area contributed by atoms with E-state index in [1.54, 1.807) is 42.5 Å². The summed E-state index contributed by atoms with van der Waals surface area (Å²) in [6, 6.07) is 12.3. The minimum Gasteiger partial charge on any atom is -0.322 e. The highest BCUT2D eigenvalue weighted by molar-refractivity contribution is 6.33. The lowest BCUT2D eigenvalue weighted by atomic mass is 10.0. The predicted molar refractivity (Wildman–Crippen MR) is 96.2 cm³/mol. The SMILES string of the molecule is Cl.O=C(Nc1cccc(-c2ccccc2Cl)c1F)C1CC2C[C@H]2N1. The van der Waals surface area contributed by atoms with Crippen LogP contribution >= 0.6 is 24.0 Å². The molecule has 0 bridgehead atoms. The number of benzene rings is 2. The van der Waals surface area contributed by atoms with Crippen molar-refractivity contribution in [2.45, 2.75) is 24.9 Å². The Hall–Kier alpha value is -1.62. The Morgan fingerprint density at radius 2 is 1.88 bits per heavy atom. The second-order valence-corrected chi connectivity index (χ2v) is 6.60. The zero-order valence-electron chi connectivity index (χ0n) is 12.8. The van der Waals surface area contributed by atoms with E-state index < -0.39 is 5.82 Å². The van der Waals surface area contributed by atoms with Gasteiger partial charge in [0, 0.05) is 22.2 Å². The highest BCUT2D eigenvalue weighted by Gasteiger charge is 2.47. The van der Waals surface area contributed by atoms with Crippen LogP contribution in [0, 0.1) is 11.7 Å². The van der Waals surface area contributed by atoms with E-state index in [0.717, 1.165) is 12.8 Å². The van der Waals surface area contributed by atoms with Crippen molar-refractivity contribution in [2.24, 2.45) is 5.92 Å². The van der Waals surface area contributed by atoms with Crippen molar-refractivity contribution in [3.05, 3.63) is 53.3 Å². The van der Waals surface area contributed by atoms with E-state index in [2.05, 4.69) is 10.6 Å². The third kappa shape index (κ3) is 3.14. The highest BCUT2D eigenvalue weighted by atomic mass is 35.5. The monoisotopic (exact) mass is 366 g/mol. The maximum Gasteiger partial charge on any atom is 0.241 e. The Bertz CT molecular complexity index is 773. The molecular formula is C18H17Cl2FN2O. The molecule has 2 unspecified atom stereocenters. The largest absolute Gasteiger partial charge is 0.322 e. The summed E-state index contributed by atoms with van der Waals surface area (Å²) in [5.74, 6) is -0.0189. The summed E-state index contributed by atoms with van der Waals surface area (Å²) in [6.07, 6.45) is 1.99. The zero-order chi connectivity index (χ0) is 16.0. The molecule has 3 atom stereocenters. The van der Waals surface area contributed by atoms with Gasteiger partial charge in [0.05, 0.1) is 11.7 Å². The first-order valence-corrected chi connectivity index (χ1v) is 8.11. The number of carbonyl (C=O) groups excluding carboxylic acids is 1.